The fraction of sp³-hybridized carbons (Fsp3) is 0.107. The Labute approximate surface area is 351 Å². The smallest absolute Gasteiger partial charge is 0.0619 e. The van der Waals surface area contributed by atoms with Gasteiger partial charge in [0.2, 0.25) is 0 Å². The molecule has 1 aliphatic rings. The molecule has 0 saturated heterocycles. The minimum Gasteiger partial charge on any atom is -0.317 e. The molecule has 0 amide bonds. The first-order valence-electron chi connectivity index (χ1n) is 20.6. The van der Waals surface area contributed by atoms with Gasteiger partial charge in [0.1, 0.15) is 0 Å². The quantitative estimate of drug-likeness (QED) is 0.116. The van der Waals surface area contributed by atoms with Crippen molar-refractivity contribution >= 4 is 72.0 Å². The van der Waals surface area contributed by atoms with Crippen LogP contribution in [0.25, 0.3) is 77.5 Å². The molecule has 0 fully saturated rings. The van der Waals surface area contributed by atoms with Gasteiger partial charge in [-0.3, -0.25) is 0 Å². The van der Waals surface area contributed by atoms with Gasteiger partial charge in [0, 0.05) is 72.2 Å². The molecule has 0 unspecified atom stereocenters. The van der Waals surface area contributed by atoms with Crippen LogP contribution in [0.15, 0.2) is 194 Å². The number of rotatable bonds is 11. The fourth-order valence-electron chi connectivity index (χ4n) is 8.89. The molecule has 0 aliphatic heterocycles. The van der Waals surface area contributed by atoms with Gasteiger partial charge in [-0.25, -0.2) is 0 Å². The molecule has 0 spiro atoms. The third-order valence-electron chi connectivity index (χ3n) is 11.3. The van der Waals surface area contributed by atoms with Gasteiger partial charge in [-0.1, -0.05) is 164 Å². The molecule has 0 radical (unpaired) electrons. The SMILES string of the molecule is C=C(/C=C(\C=C/C)Cc1sc2ccccc2c1/C=C(\C)n1c2c(c3c(-c4cccc5c6ccccc6n(-c6ccccc6)c45)cccc31)C=CC=CC2)C/C=C\C=C/C. The number of nitrogens with zero attached hydrogens (tertiary/aromatic N) is 2. The van der Waals surface area contributed by atoms with Gasteiger partial charge in [0.05, 0.1) is 16.6 Å². The Morgan fingerprint density at radius 2 is 1.49 bits per heavy atom. The second kappa shape index (κ2) is 16.7. The Balaban J connectivity index is 1.23. The zero-order valence-electron chi connectivity index (χ0n) is 34.0. The molecule has 59 heavy (non-hydrogen) atoms. The van der Waals surface area contributed by atoms with E-state index in [1.165, 1.54) is 86.9 Å². The Bertz CT molecular complexity index is 3110. The molecule has 0 saturated carbocycles. The van der Waals surface area contributed by atoms with Gasteiger partial charge < -0.3 is 9.13 Å². The van der Waals surface area contributed by atoms with Crippen molar-refractivity contribution in [3.05, 3.63) is 215 Å². The number of allylic oxidation sites excluding steroid dienone is 13. The summed E-state index contributed by atoms with van der Waals surface area (Å²) < 4.78 is 6.28. The lowest BCUT2D eigenvalue weighted by Crippen LogP contribution is -2.00. The highest BCUT2D eigenvalue weighted by Gasteiger charge is 2.23. The summed E-state index contributed by atoms with van der Waals surface area (Å²) in [4.78, 5) is 1.36. The molecule has 5 aromatic carbocycles. The number of thiophene rings is 1. The summed E-state index contributed by atoms with van der Waals surface area (Å²) >= 11 is 1.90. The third kappa shape index (κ3) is 7.13. The normalized spacial score (nSPS) is 13.7. The third-order valence-corrected chi connectivity index (χ3v) is 12.5. The monoisotopic (exact) mass is 780 g/mol. The second-order valence-electron chi connectivity index (χ2n) is 15.2. The Kier molecular flexibility index (Phi) is 10.7. The van der Waals surface area contributed by atoms with Crippen LogP contribution in [0.2, 0.25) is 0 Å². The molecule has 3 aromatic heterocycles. The molecular weight excluding hydrogens is 733 g/mol. The number of hydrogen-bond donors (Lipinski definition) is 0. The fourth-order valence-corrected chi connectivity index (χ4v) is 10.1. The molecule has 0 atom stereocenters. The van der Waals surface area contributed by atoms with Gasteiger partial charge in [0.15, 0.2) is 0 Å². The van der Waals surface area contributed by atoms with Crippen molar-refractivity contribution in [3.8, 4) is 16.8 Å². The minimum absolute atomic E-state index is 0.823. The van der Waals surface area contributed by atoms with Crippen LogP contribution in [0.4, 0.5) is 0 Å². The largest absolute Gasteiger partial charge is 0.317 e. The van der Waals surface area contributed by atoms with E-state index in [1.807, 2.05) is 24.3 Å². The minimum atomic E-state index is 0.823. The predicted octanol–water partition coefficient (Wildman–Crippen LogP) is 15.9. The molecule has 9 rings (SSSR count). The predicted molar refractivity (Wildman–Crippen MR) is 260 cm³/mol. The summed E-state index contributed by atoms with van der Waals surface area (Å²) in [5.41, 5.74) is 14.7. The van der Waals surface area contributed by atoms with Crippen molar-refractivity contribution in [2.24, 2.45) is 0 Å². The summed E-state index contributed by atoms with van der Waals surface area (Å²) in [5.74, 6) is 0. The highest BCUT2D eigenvalue weighted by atomic mass is 32.1. The van der Waals surface area contributed by atoms with Gasteiger partial charge in [-0.15, -0.1) is 11.3 Å². The first-order valence-corrected chi connectivity index (χ1v) is 21.4. The number of benzene rings is 5. The lowest BCUT2D eigenvalue weighted by atomic mass is 9.96. The molecule has 3 heterocycles. The molecule has 1 aliphatic carbocycles. The van der Waals surface area contributed by atoms with Crippen molar-refractivity contribution in [3.63, 3.8) is 0 Å². The lowest BCUT2D eigenvalue weighted by Gasteiger charge is -2.14. The Morgan fingerprint density at radius 1 is 0.746 bits per heavy atom. The van der Waals surface area contributed by atoms with E-state index in [0.717, 1.165) is 30.5 Å². The number of fused-ring (bicyclic) bond motifs is 7. The van der Waals surface area contributed by atoms with Crippen LogP contribution < -0.4 is 0 Å². The van der Waals surface area contributed by atoms with Gasteiger partial charge in [0.25, 0.3) is 0 Å². The Morgan fingerprint density at radius 3 is 2.34 bits per heavy atom. The average Bonchev–Trinajstić information content (AvgIpc) is 3.82. The highest BCUT2D eigenvalue weighted by Crippen LogP contribution is 2.44. The number of para-hydroxylation sites is 3. The van der Waals surface area contributed by atoms with Crippen molar-refractivity contribution < 1.29 is 0 Å². The second-order valence-corrected chi connectivity index (χ2v) is 16.3. The summed E-state index contributed by atoms with van der Waals surface area (Å²) in [5, 5.41) is 5.09. The van der Waals surface area contributed by atoms with Crippen LogP contribution >= 0.6 is 11.3 Å². The van der Waals surface area contributed by atoms with Gasteiger partial charge in [-0.05, 0) is 80.3 Å². The number of aromatic nitrogens is 2. The van der Waals surface area contributed by atoms with E-state index >= 15 is 0 Å². The molecule has 3 heteroatoms. The van der Waals surface area contributed by atoms with Crippen LogP contribution in [-0.2, 0) is 12.8 Å². The average molecular weight is 781 g/mol. The van der Waals surface area contributed by atoms with E-state index in [1.54, 1.807) is 0 Å². The van der Waals surface area contributed by atoms with Crippen LogP contribution in [0.5, 0.6) is 0 Å². The summed E-state index contributed by atoms with van der Waals surface area (Å²) in [6.45, 7) is 10.8. The zero-order valence-corrected chi connectivity index (χ0v) is 34.8. The van der Waals surface area contributed by atoms with E-state index in [2.05, 4.69) is 212 Å². The molecule has 0 bridgehead atoms. The first-order chi connectivity index (χ1) is 29.1. The van der Waals surface area contributed by atoms with Crippen molar-refractivity contribution in [2.45, 2.75) is 40.0 Å². The van der Waals surface area contributed by atoms with Gasteiger partial charge in [-0.2, -0.15) is 0 Å². The molecule has 0 N–H and O–H groups in total. The van der Waals surface area contributed by atoms with Crippen LogP contribution in [0, 0.1) is 0 Å². The molecular formula is C56H48N2S. The van der Waals surface area contributed by atoms with Crippen molar-refractivity contribution in [1.29, 1.82) is 0 Å². The van der Waals surface area contributed by atoms with E-state index < -0.39 is 0 Å². The maximum Gasteiger partial charge on any atom is 0.0619 e. The summed E-state index contributed by atoms with van der Waals surface area (Å²) in [6.07, 6.45) is 29.0. The van der Waals surface area contributed by atoms with E-state index in [4.69, 9.17) is 0 Å². The zero-order chi connectivity index (χ0) is 40.3. The van der Waals surface area contributed by atoms with E-state index in [9.17, 15) is 0 Å². The van der Waals surface area contributed by atoms with E-state index in [-0.39, 0.29) is 0 Å². The molecule has 288 valence electrons. The first kappa shape index (κ1) is 37.9. The van der Waals surface area contributed by atoms with Crippen LogP contribution in [0.3, 0.4) is 0 Å². The summed E-state index contributed by atoms with van der Waals surface area (Å²) in [6, 6.07) is 42.2. The van der Waals surface area contributed by atoms with Gasteiger partial charge >= 0.3 is 0 Å². The maximum absolute atomic E-state index is 4.41. The highest BCUT2D eigenvalue weighted by molar-refractivity contribution is 7.19. The Hall–Kier alpha value is -6.68. The topological polar surface area (TPSA) is 9.86 Å². The van der Waals surface area contributed by atoms with Crippen molar-refractivity contribution in [2.75, 3.05) is 0 Å². The maximum atomic E-state index is 4.41. The van der Waals surface area contributed by atoms with Crippen LogP contribution in [-0.4, -0.2) is 9.13 Å². The summed E-state index contributed by atoms with van der Waals surface area (Å²) in [7, 11) is 0. The standard InChI is InChI=1S/C56H48N2S/c1-5-7-8-11-23-39(3)36-41(22-6-2)38-54-49(44-27-17-19-35-53(44)59-54)37-40(4)57-51-32-15-10-14-28-48(51)55-45(29-21-34-52(55)57)47-31-20-30-46-43-26-16-18-33-50(43)58(56(46)47)42-24-12-9-13-25-42/h5-22,24-31,33-37H,3,23,32,38H2,1-2,4H3/b7-5-,11-8-,22-6-,40-37+,41-36+. The van der Waals surface area contributed by atoms with Crippen molar-refractivity contribution in [1.82, 2.24) is 9.13 Å². The molecule has 8 aromatic rings. The number of hydrogen-bond acceptors (Lipinski definition) is 1. The van der Waals surface area contributed by atoms with E-state index in [0.29, 0.717) is 0 Å². The lowest BCUT2D eigenvalue weighted by molar-refractivity contribution is 1.02. The molecule has 2 nitrogen and oxygen atoms in total. The van der Waals surface area contributed by atoms with Crippen LogP contribution in [0.1, 0.15) is 48.9 Å².